The van der Waals surface area contributed by atoms with Gasteiger partial charge in [-0.3, -0.25) is 13.9 Å². The predicted molar refractivity (Wildman–Crippen MR) is 166 cm³/mol. The molecule has 43 heavy (non-hydrogen) atoms. The van der Waals surface area contributed by atoms with Crippen molar-refractivity contribution in [1.82, 2.24) is 10.6 Å². The van der Waals surface area contributed by atoms with Crippen molar-refractivity contribution in [3.05, 3.63) is 65.2 Å². The van der Waals surface area contributed by atoms with Crippen molar-refractivity contribution in [3.63, 3.8) is 0 Å². The monoisotopic (exact) mass is 615 g/mol. The summed E-state index contributed by atoms with van der Waals surface area (Å²) in [6.07, 6.45) is 7.33. The Morgan fingerprint density at radius 1 is 1.02 bits per heavy atom. The fourth-order valence-electron chi connectivity index (χ4n) is 6.22. The Morgan fingerprint density at radius 3 is 2.40 bits per heavy atom. The van der Waals surface area contributed by atoms with Crippen molar-refractivity contribution in [2.24, 2.45) is 0 Å². The summed E-state index contributed by atoms with van der Waals surface area (Å²) in [5, 5.41) is 24.7. The number of ether oxygens (including phenoxy) is 1. The largest absolute Gasteiger partial charge is 0.483 e. The van der Waals surface area contributed by atoms with Crippen LogP contribution in [-0.4, -0.2) is 81.3 Å². The normalized spacial score (nSPS) is 20.4. The smallest absolute Gasteiger partial charge is 0.290 e. The van der Waals surface area contributed by atoms with Crippen LogP contribution in [0, 0.1) is 0 Å². The summed E-state index contributed by atoms with van der Waals surface area (Å²) < 4.78 is 32.8. The molecule has 5 rings (SSSR count). The minimum absolute atomic E-state index is 0.133. The van der Waals surface area contributed by atoms with Gasteiger partial charge < -0.3 is 25.6 Å². The second-order valence-electron chi connectivity index (χ2n) is 11.6. The van der Waals surface area contributed by atoms with E-state index in [0.29, 0.717) is 56.3 Å². The van der Waals surface area contributed by atoms with Gasteiger partial charge in [-0.15, -0.1) is 0 Å². The molecule has 1 saturated carbocycles. The van der Waals surface area contributed by atoms with E-state index in [2.05, 4.69) is 10.6 Å². The summed E-state index contributed by atoms with van der Waals surface area (Å²) in [6.45, 7) is 1.97. The molecule has 10 nitrogen and oxygen atoms in total. The van der Waals surface area contributed by atoms with Crippen molar-refractivity contribution in [2.75, 3.05) is 36.4 Å². The summed E-state index contributed by atoms with van der Waals surface area (Å²) >= 11 is 0. The maximum absolute atomic E-state index is 13.8. The minimum Gasteiger partial charge on any atom is -0.483 e. The summed E-state index contributed by atoms with van der Waals surface area (Å²) in [5.41, 5.74) is 3.08. The number of carbonyl (C=O) groups excluding carboxylic acids is 1. The Kier molecular flexibility index (Phi) is 12.4. The molecular weight excluding hydrogens is 570 g/mol. The molecule has 4 N–H and O–H groups in total. The average Bonchev–Trinajstić information content (AvgIpc) is 3.56. The SMILES string of the molecule is O=C(N[C@@H](Cc1ccccc1)[C@H](O)CNC1CCOCC1)c1cc(C2CCCC2)cc(N2CCCCS2(=O)=O)c1.O=CO. The van der Waals surface area contributed by atoms with Crippen LogP contribution in [0.1, 0.15) is 78.8 Å². The highest BCUT2D eigenvalue weighted by molar-refractivity contribution is 7.92. The van der Waals surface area contributed by atoms with Gasteiger partial charge >= 0.3 is 0 Å². The van der Waals surface area contributed by atoms with Crippen LogP contribution < -0.4 is 14.9 Å². The Bertz CT molecular complexity index is 1280. The van der Waals surface area contributed by atoms with Crippen LogP contribution in [0.4, 0.5) is 5.69 Å². The highest BCUT2D eigenvalue weighted by Crippen LogP contribution is 2.37. The lowest BCUT2D eigenvalue weighted by Gasteiger charge is -2.30. The van der Waals surface area contributed by atoms with Gasteiger partial charge in [0.05, 0.1) is 23.6 Å². The van der Waals surface area contributed by atoms with E-state index in [1.165, 1.54) is 4.31 Å². The zero-order valence-electron chi connectivity index (χ0n) is 24.7. The van der Waals surface area contributed by atoms with Gasteiger partial charge in [0, 0.05) is 37.9 Å². The Labute approximate surface area is 254 Å². The molecular formula is C32H45N3O7S. The number of hydrogen-bond donors (Lipinski definition) is 4. The highest BCUT2D eigenvalue weighted by Gasteiger charge is 2.30. The zero-order chi connectivity index (χ0) is 30.7. The van der Waals surface area contributed by atoms with E-state index in [1.54, 1.807) is 6.07 Å². The van der Waals surface area contributed by atoms with Crippen LogP contribution in [0.15, 0.2) is 48.5 Å². The minimum atomic E-state index is -3.41. The molecule has 0 bridgehead atoms. The van der Waals surface area contributed by atoms with Gasteiger partial charge in [0.2, 0.25) is 10.0 Å². The van der Waals surface area contributed by atoms with Crippen molar-refractivity contribution in [1.29, 1.82) is 0 Å². The molecule has 2 heterocycles. The van der Waals surface area contributed by atoms with Crippen LogP contribution >= 0.6 is 0 Å². The van der Waals surface area contributed by atoms with Crippen molar-refractivity contribution < 1.29 is 33.0 Å². The van der Waals surface area contributed by atoms with Crippen molar-refractivity contribution in [2.45, 2.75) is 81.9 Å². The molecule has 1 aliphatic carbocycles. The lowest BCUT2D eigenvalue weighted by atomic mass is 9.94. The molecule has 0 unspecified atom stereocenters. The third-order valence-corrected chi connectivity index (χ3v) is 10.5. The van der Waals surface area contributed by atoms with Gasteiger partial charge in [-0.25, -0.2) is 8.42 Å². The number of hydrogen-bond acceptors (Lipinski definition) is 7. The van der Waals surface area contributed by atoms with Gasteiger partial charge in [0.1, 0.15) is 0 Å². The van der Waals surface area contributed by atoms with Crippen LogP contribution in [-0.2, 0) is 26.0 Å². The number of amides is 1. The second kappa shape index (κ2) is 16.2. The first-order chi connectivity index (χ1) is 20.8. The van der Waals surface area contributed by atoms with Gasteiger partial charge in [-0.05, 0) is 80.2 Å². The maximum atomic E-state index is 13.8. The van der Waals surface area contributed by atoms with Crippen molar-refractivity contribution in [3.8, 4) is 0 Å². The number of aliphatic hydroxyl groups is 1. The molecule has 1 amide bonds. The molecule has 3 aliphatic rings. The fourth-order valence-corrected chi connectivity index (χ4v) is 7.84. The average molecular weight is 616 g/mol. The number of sulfonamides is 1. The first-order valence-electron chi connectivity index (χ1n) is 15.4. The number of carbonyl (C=O) groups is 2. The summed E-state index contributed by atoms with van der Waals surface area (Å²) in [5.74, 6) is 0.170. The molecule has 236 valence electrons. The first-order valence-corrected chi connectivity index (χ1v) is 17.0. The van der Waals surface area contributed by atoms with Crippen LogP contribution in [0.5, 0.6) is 0 Å². The summed E-state index contributed by atoms with van der Waals surface area (Å²) in [7, 11) is -3.41. The highest BCUT2D eigenvalue weighted by atomic mass is 32.2. The van der Waals surface area contributed by atoms with Crippen LogP contribution in [0.2, 0.25) is 0 Å². The molecule has 2 aliphatic heterocycles. The second-order valence-corrected chi connectivity index (χ2v) is 13.6. The van der Waals surface area contributed by atoms with Crippen LogP contribution in [0.3, 0.4) is 0 Å². The Morgan fingerprint density at radius 2 is 1.72 bits per heavy atom. The van der Waals surface area contributed by atoms with E-state index in [4.69, 9.17) is 14.6 Å². The fraction of sp³-hybridized carbons (Fsp3) is 0.562. The van der Waals surface area contributed by atoms with E-state index in [0.717, 1.165) is 56.1 Å². The van der Waals surface area contributed by atoms with E-state index in [1.807, 2.05) is 42.5 Å². The van der Waals surface area contributed by atoms with Gasteiger partial charge in [-0.1, -0.05) is 43.2 Å². The number of benzene rings is 2. The number of nitrogens with zero attached hydrogens (tertiary/aromatic N) is 1. The van der Waals surface area contributed by atoms with E-state index in [9.17, 15) is 18.3 Å². The lowest BCUT2D eigenvalue weighted by molar-refractivity contribution is -0.122. The topological polar surface area (TPSA) is 145 Å². The van der Waals surface area contributed by atoms with Crippen LogP contribution in [0.25, 0.3) is 0 Å². The van der Waals surface area contributed by atoms with Gasteiger partial charge in [0.15, 0.2) is 0 Å². The number of anilines is 1. The number of aliphatic hydroxyl groups excluding tert-OH is 1. The number of carboxylic acid groups (broad SMARTS) is 1. The molecule has 2 aromatic rings. The van der Waals surface area contributed by atoms with E-state index >= 15 is 0 Å². The molecule has 0 aromatic heterocycles. The lowest BCUT2D eigenvalue weighted by Crippen LogP contribution is -2.50. The maximum Gasteiger partial charge on any atom is 0.290 e. The third kappa shape index (κ3) is 9.50. The van der Waals surface area contributed by atoms with Crippen molar-refractivity contribution >= 4 is 28.1 Å². The molecule has 0 spiro atoms. The zero-order valence-corrected chi connectivity index (χ0v) is 25.5. The summed E-state index contributed by atoms with van der Waals surface area (Å²) in [6, 6.07) is 15.2. The third-order valence-electron chi connectivity index (χ3n) is 8.58. The first kappa shape index (κ1) is 32.9. The molecule has 0 radical (unpaired) electrons. The molecule has 11 heteroatoms. The Hall–Kier alpha value is -2.99. The Balaban J connectivity index is 0.00000135. The number of rotatable bonds is 10. The van der Waals surface area contributed by atoms with Gasteiger partial charge in [-0.2, -0.15) is 0 Å². The molecule has 2 aromatic carbocycles. The standard InChI is InChI=1S/C31H43N3O5S.CH2O2/c35-30(22-32-27-12-15-39-16-13-27)29(18-23-8-2-1-3-9-23)33-31(36)26-19-25(24-10-4-5-11-24)20-28(21-26)34-14-6-7-17-40(34,37)38;2-1-3/h1-3,8-9,19-21,24,27,29-30,32,35H,4-7,10-18,22H2,(H,33,36);1H,(H,2,3)/t29-,30+;/m0./s1. The summed E-state index contributed by atoms with van der Waals surface area (Å²) in [4.78, 5) is 22.2. The molecule has 3 fully saturated rings. The van der Waals surface area contributed by atoms with E-state index in [-0.39, 0.29) is 24.2 Å². The quantitative estimate of drug-likeness (QED) is 0.298. The number of nitrogens with one attached hydrogen (secondary N) is 2. The van der Waals surface area contributed by atoms with E-state index < -0.39 is 22.2 Å². The molecule has 2 saturated heterocycles. The van der Waals surface area contributed by atoms with Gasteiger partial charge in [0.25, 0.3) is 12.4 Å². The predicted octanol–water partition coefficient (Wildman–Crippen LogP) is 3.45. The molecule has 2 atom stereocenters.